The maximum atomic E-state index is 13.4. The van der Waals surface area contributed by atoms with Gasteiger partial charge in [-0.15, -0.1) is 0 Å². The van der Waals surface area contributed by atoms with Crippen molar-refractivity contribution in [2.24, 2.45) is 0 Å². The number of hydrogen-bond acceptors (Lipinski definition) is 4. The second-order valence-corrected chi connectivity index (χ2v) is 6.91. The molecule has 1 aliphatic heterocycles. The van der Waals surface area contributed by atoms with E-state index < -0.39 is 23.7 Å². The largest absolute Gasteiger partial charge is 0.469 e. The van der Waals surface area contributed by atoms with Gasteiger partial charge in [-0.05, 0) is 31.0 Å². The molecule has 1 aliphatic rings. The number of amides is 2. The highest BCUT2D eigenvalue weighted by Crippen LogP contribution is 2.33. The summed E-state index contributed by atoms with van der Waals surface area (Å²) in [6, 6.07) is 3.99. The third-order valence-corrected chi connectivity index (χ3v) is 4.81. The number of alkyl halides is 3. The fourth-order valence-corrected chi connectivity index (χ4v) is 3.42. The van der Waals surface area contributed by atoms with Gasteiger partial charge in [0.15, 0.2) is 6.04 Å². The fraction of sp³-hybridized carbons (Fsp3) is 0.421. The number of aromatic nitrogens is 1. The van der Waals surface area contributed by atoms with Crippen LogP contribution >= 0.6 is 0 Å². The van der Waals surface area contributed by atoms with Crippen molar-refractivity contribution in [3.63, 3.8) is 0 Å². The van der Waals surface area contributed by atoms with E-state index in [0.717, 1.165) is 6.20 Å². The summed E-state index contributed by atoms with van der Waals surface area (Å²) in [5, 5.41) is 4.91. The molecule has 0 unspecified atom stereocenters. The molecule has 2 aromatic rings. The Labute approximate surface area is 159 Å². The number of nitrogens with one attached hydrogen (secondary N) is 2. The van der Waals surface area contributed by atoms with Crippen molar-refractivity contribution in [1.29, 1.82) is 0 Å². The van der Waals surface area contributed by atoms with E-state index in [1.54, 1.807) is 12.1 Å². The Kier molecular flexibility index (Phi) is 5.71. The van der Waals surface area contributed by atoms with Crippen molar-refractivity contribution < 1.29 is 27.2 Å². The van der Waals surface area contributed by atoms with Crippen LogP contribution in [-0.2, 0) is 16.0 Å². The van der Waals surface area contributed by atoms with Gasteiger partial charge < -0.3 is 15.1 Å². The predicted molar refractivity (Wildman–Crippen MR) is 92.9 cm³/mol. The first-order chi connectivity index (χ1) is 13.3. The van der Waals surface area contributed by atoms with Crippen LogP contribution in [0, 0.1) is 0 Å². The van der Waals surface area contributed by atoms with Crippen LogP contribution in [0.3, 0.4) is 0 Å². The Balaban J connectivity index is 1.66. The topological polar surface area (TPSA) is 84.2 Å². The van der Waals surface area contributed by atoms with E-state index in [0.29, 0.717) is 25.0 Å². The zero-order valence-corrected chi connectivity index (χ0v) is 15.0. The number of rotatable bonds is 7. The molecule has 28 heavy (non-hydrogen) atoms. The van der Waals surface area contributed by atoms with E-state index in [2.05, 4.69) is 10.3 Å². The number of hydrogen-bond donors (Lipinski definition) is 2. The minimum Gasteiger partial charge on any atom is -0.469 e. The first-order valence-corrected chi connectivity index (χ1v) is 8.87. The normalized spacial score (nSPS) is 20.6. The molecular weight excluding hydrogens is 375 g/mol. The van der Waals surface area contributed by atoms with Crippen LogP contribution in [0.4, 0.5) is 13.2 Å². The highest BCUT2D eigenvalue weighted by atomic mass is 19.4. The molecule has 0 bridgehead atoms. The van der Waals surface area contributed by atoms with Gasteiger partial charge >= 0.3 is 6.18 Å². The average Bonchev–Trinajstić information content (AvgIpc) is 3.28. The average molecular weight is 395 g/mol. The summed E-state index contributed by atoms with van der Waals surface area (Å²) in [5.74, 6) is -0.243. The Morgan fingerprint density at radius 1 is 1.36 bits per heavy atom. The Morgan fingerprint density at radius 3 is 2.75 bits per heavy atom. The summed E-state index contributed by atoms with van der Waals surface area (Å²) < 4.78 is 45.4. The number of nitrogens with zero attached hydrogens (tertiary/aromatic N) is 1. The van der Waals surface area contributed by atoms with Gasteiger partial charge in [0, 0.05) is 42.8 Å². The molecule has 9 heteroatoms. The molecule has 6 nitrogen and oxygen atoms in total. The van der Waals surface area contributed by atoms with Crippen LogP contribution in [0.1, 0.15) is 43.0 Å². The SMILES string of the molecule is O=C(CC[C@@]1(Cc2ccco2)CCC(=O)N1)N[C@H](c1cccnc1)C(F)(F)F. The highest BCUT2D eigenvalue weighted by Gasteiger charge is 2.43. The molecule has 0 radical (unpaired) electrons. The highest BCUT2D eigenvalue weighted by molar-refractivity contribution is 5.80. The molecule has 0 spiro atoms. The monoisotopic (exact) mass is 395 g/mol. The number of furan rings is 1. The van der Waals surface area contributed by atoms with Gasteiger partial charge in [0.05, 0.1) is 6.26 Å². The van der Waals surface area contributed by atoms with Gasteiger partial charge in [-0.2, -0.15) is 13.2 Å². The van der Waals surface area contributed by atoms with Gasteiger partial charge in [0.2, 0.25) is 11.8 Å². The molecule has 3 heterocycles. The lowest BCUT2D eigenvalue weighted by Gasteiger charge is -2.29. The van der Waals surface area contributed by atoms with E-state index >= 15 is 0 Å². The lowest BCUT2D eigenvalue weighted by molar-refractivity contribution is -0.163. The number of pyridine rings is 1. The van der Waals surface area contributed by atoms with Gasteiger partial charge in [-0.3, -0.25) is 14.6 Å². The summed E-state index contributed by atoms with van der Waals surface area (Å²) in [5.41, 5.74) is -0.836. The third-order valence-electron chi connectivity index (χ3n) is 4.81. The van der Waals surface area contributed by atoms with Crippen LogP contribution in [0.15, 0.2) is 47.3 Å². The number of halogens is 3. The zero-order chi connectivity index (χ0) is 20.2. The second-order valence-electron chi connectivity index (χ2n) is 6.91. The minimum atomic E-state index is -4.65. The first-order valence-electron chi connectivity index (χ1n) is 8.87. The second kappa shape index (κ2) is 8.04. The van der Waals surface area contributed by atoms with Gasteiger partial charge in [-0.1, -0.05) is 6.07 Å². The predicted octanol–water partition coefficient (Wildman–Crippen LogP) is 3.07. The molecule has 150 valence electrons. The van der Waals surface area contributed by atoms with Gasteiger partial charge in [0.25, 0.3) is 0 Å². The summed E-state index contributed by atoms with van der Waals surface area (Å²) in [7, 11) is 0. The quantitative estimate of drug-likeness (QED) is 0.755. The number of carbonyl (C=O) groups is 2. The van der Waals surface area contributed by atoms with E-state index in [1.807, 2.05) is 5.32 Å². The molecule has 1 fully saturated rings. The zero-order valence-electron chi connectivity index (χ0n) is 15.0. The first kappa shape index (κ1) is 19.9. The Bertz CT molecular complexity index is 809. The molecule has 2 N–H and O–H groups in total. The Morgan fingerprint density at radius 2 is 2.18 bits per heavy atom. The molecule has 0 aliphatic carbocycles. The molecule has 2 amide bonds. The fourth-order valence-electron chi connectivity index (χ4n) is 3.42. The van der Waals surface area contributed by atoms with Crippen molar-refractivity contribution in [2.75, 3.05) is 0 Å². The Hall–Kier alpha value is -2.84. The van der Waals surface area contributed by atoms with Crippen molar-refractivity contribution in [2.45, 2.75) is 49.9 Å². The lowest BCUT2D eigenvalue weighted by atomic mass is 9.87. The van der Waals surface area contributed by atoms with E-state index in [1.165, 1.54) is 24.6 Å². The van der Waals surface area contributed by atoms with Crippen LogP contribution < -0.4 is 10.6 Å². The molecule has 1 saturated heterocycles. The maximum Gasteiger partial charge on any atom is 0.412 e. The summed E-state index contributed by atoms with van der Waals surface area (Å²) in [4.78, 5) is 27.7. The van der Waals surface area contributed by atoms with Gasteiger partial charge in [0.1, 0.15) is 5.76 Å². The smallest absolute Gasteiger partial charge is 0.412 e. The summed E-state index contributed by atoms with van der Waals surface area (Å²) in [6.07, 6.45) is 0.532. The molecular formula is C19H20F3N3O3. The maximum absolute atomic E-state index is 13.4. The van der Waals surface area contributed by atoms with Crippen molar-refractivity contribution in [3.8, 4) is 0 Å². The summed E-state index contributed by atoms with van der Waals surface area (Å²) in [6.45, 7) is 0. The molecule has 3 rings (SSSR count). The third kappa shape index (κ3) is 4.90. The molecule has 0 saturated carbocycles. The molecule has 2 atom stereocenters. The van der Waals surface area contributed by atoms with E-state index in [-0.39, 0.29) is 24.3 Å². The lowest BCUT2D eigenvalue weighted by Crippen LogP contribution is -2.45. The summed E-state index contributed by atoms with van der Waals surface area (Å²) >= 11 is 0. The van der Waals surface area contributed by atoms with Crippen LogP contribution in [0.2, 0.25) is 0 Å². The van der Waals surface area contributed by atoms with Crippen LogP contribution in [0.5, 0.6) is 0 Å². The van der Waals surface area contributed by atoms with Gasteiger partial charge in [-0.25, -0.2) is 0 Å². The number of carbonyl (C=O) groups excluding carboxylic acids is 2. The molecule has 0 aromatic carbocycles. The van der Waals surface area contributed by atoms with Crippen LogP contribution in [-0.4, -0.2) is 28.5 Å². The minimum absolute atomic E-state index is 0.136. The standard InChI is InChI=1S/C19H20F3N3O3/c20-19(21,22)17(13-3-1-9-23-12-13)24-15(26)5-7-18(8-6-16(27)25-18)11-14-4-2-10-28-14/h1-4,9-10,12,17H,5-8,11H2,(H,24,26)(H,25,27)/t17-,18+/m1/s1. The van der Waals surface area contributed by atoms with E-state index in [9.17, 15) is 22.8 Å². The van der Waals surface area contributed by atoms with Crippen molar-refractivity contribution in [1.82, 2.24) is 15.6 Å². The van der Waals surface area contributed by atoms with Crippen molar-refractivity contribution >= 4 is 11.8 Å². The van der Waals surface area contributed by atoms with Crippen LogP contribution in [0.25, 0.3) is 0 Å². The van der Waals surface area contributed by atoms with Crippen molar-refractivity contribution in [3.05, 3.63) is 54.2 Å². The van der Waals surface area contributed by atoms with E-state index in [4.69, 9.17) is 4.42 Å². The molecule has 2 aromatic heterocycles.